The molecule has 0 atom stereocenters. The number of Topliss-reactive ketones (excluding diaryl/α,β-unsaturated/α-hetero) is 1. The molecule has 1 fully saturated rings. The molecule has 2 nitrogen and oxygen atoms in total. The van der Waals surface area contributed by atoms with Gasteiger partial charge in [0.2, 0.25) is 0 Å². The minimum absolute atomic E-state index is 0.219. The molecule has 1 aliphatic rings. The summed E-state index contributed by atoms with van der Waals surface area (Å²) in [6.45, 7) is 4.57. The zero-order chi connectivity index (χ0) is 13.0. The van der Waals surface area contributed by atoms with Gasteiger partial charge in [-0.1, -0.05) is 31.9 Å². The molecule has 1 saturated carbocycles. The quantitative estimate of drug-likeness (QED) is 0.788. The minimum Gasteiger partial charge on any atom is -0.494 e. The Hall–Kier alpha value is -1.31. The van der Waals surface area contributed by atoms with E-state index in [0.29, 0.717) is 5.78 Å². The maximum Gasteiger partial charge on any atom is 0.140 e. The third-order valence-electron chi connectivity index (χ3n) is 4.01. The lowest BCUT2D eigenvalue weighted by Crippen LogP contribution is -2.30. The summed E-state index contributed by atoms with van der Waals surface area (Å²) in [5.41, 5.74) is 0.944. The van der Waals surface area contributed by atoms with Crippen molar-refractivity contribution in [3.05, 3.63) is 29.8 Å². The van der Waals surface area contributed by atoms with Gasteiger partial charge in [0.15, 0.2) is 0 Å². The Bertz CT molecular complexity index is 400. The Balaban J connectivity index is 2.19. The van der Waals surface area contributed by atoms with Crippen molar-refractivity contribution in [2.75, 3.05) is 6.61 Å². The summed E-state index contributed by atoms with van der Waals surface area (Å²) in [4.78, 5) is 12.0. The first-order chi connectivity index (χ1) is 8.69. The summed E-state index contributed by atoms with van der Waals surface area (Å²) < 4.78 is 5.58. The van der Waals surface area contributed by atoms with Crippen LogP contribution >= 0.6 is 0 Å². The fraction of sp³-hybridized carbons (Fsp3) is 0.562. The smallest absolute Gasteiger partial charge is 0.140 e. The fourth-order valence-corrected chi connectivity index (χ4v) is 2.91. The molecule has 0 aromatic heterocycles. The number of hydrogen-bond acceptors (Lipinski definition) is 2. The highest BCUT2D eigenvalue weighted by atomic mass is 16.5. The summed E-state index contributed by atoms with van der Waals surface area (Å²) >= 11 is 0. The molecule has 0 N–H and O–H groups in total. The Labute approximate surface area is 109 Å². The number of ketones is 1. The third-order valence-corrected chi connectivity index (χ3v) is 4.01. The van der Waals surface area contributed by atoms with E-state index in [9.17, 15) is 4.79 Å². The lowest BCUT2D eigenvalue weighted by atomic mass is 9.76. The number of hydrogen-bond donors (Lipinski definition) is 0. The molecule has 0 spiro atoms. The van der Waals surface area contributed by atoms with Crippen molar-refractivity contribution in [3.8, 4) is 5.75 Å². The maximum atomic E-state index is 12.0. The van der Waals surface area contributed by atoms with E-state index >= 15 is 0 Å². The number of benzene rings is 1. The van der Waals surface area contributed by atoms with Crippen LogP contribution in [0.3, 0.4) is 0 Å². The van der Waals surface area contributed by atoms with E-state index in [0.717, 1.165) is 50.0 Å². The lowest BCUT2D eigenvalue weighted by molar-refractivity contribution is -0.122. The van der Waals surface area contributed by atoms with Crippen molar-refractivity contribution < 1.29 is 9.53 Å². The molecular weight excluding hydrogens is 224 g/mol. The van der Waals surface area contributed by atoms with E-state index in [4.69, 9.17) is 4.74 Å². The number of carbonyl (C=O) groups is 1. The van der Waals surface area contributed by atoms with Crippen LogP contribution in [0.1, 0.15) is 51.5 Å². The van der Waals surface area contributed by atoms with Gasteiger partial charge in [-0.3, -0.25) is 4.79 Å². The first-order valence-electron chi connectivity index (χ1n) is 6.93. The molecule has 2 heteroatoms. The summed E-state index contributed by atoms with van der Waals surface area (Å²) in [7, 11) is 0. The molecule has 0 aliphatic heterocycles. The largest absolute Gasteiger partial charge is 0.494 e. The number of carbonyl (C=O) groups excluding carboxylic acids is 1. The summed E-state index contributed by atoms with van der Waals surface area (Å²) in [6.07, 6.45) is 5.33. The van der Waals surface area contributed by atoms with Crippen molar-refractivity contribution in [2.45, 2.75) is 51.4 Å². The monoisotopic (exact) mass is 246 g/mol. The van der Waals surface area contributed by atoms with Gasteiger partial charge in [-0.15, -0.1) is 0 Å². The molecule has 98 valence electrons. The number of rotatable bonds is 5. The van der Waals surface area contributed by atoms with Gasteiger partial charge in [0.25, 0.3) is 0 Å². The van der Waals surface area contributed by atoms with Gasteiger partial charge in [-0.2, -0.15) is 0 Å². The SMILES string of the molecule is CCCOc1ccc(C2(C(C)=O)CCCC2)cc1. The average Bonchev–Trinajstić information content (AvgIpc) is 2.87. The van der Waals surface area contributed by atoms with Crippen LogP contribution in [0.25, 0.3) is 0 Å². The van der Waals surface area contributed by atoms with Crippen molar-refractivity contribution in [2.24, 2.45) is 0 Å². The van der Waals surface area contributed by atoms with Gasteiger partial charge in [-0.05, 0) is 43.9 Å². The topological polar surface area (TPSA) is 26.3 Å². The zero-order valence-electron chi connectivity index (χ0n) is 11.4. The van der Waals surface area contributed by atoms with E-state index in [-0.39, 0.29) is 5.41 Å². The molecule has 18 heavy (non-hydrogen) atoms. The van der Waals surface area contributed by atoms with Crippen LogP contribution in [0.2, 0.25) is 0 Å². The second-order valence-corrected chi connectivity index (χ2v) is 5.22. The second-order valence-electron chi connectivity index (χ2n) is 5.22. The fourth-order valence-electron chi connectivity index (χ4n) is 2.91. The summed E-state index contributed by atoms with van der Waals surface area (Å²) in [5.74, 6) is 1.21. The van der Waals surface area contributed by atoms with Crippen LogP contribution in [0.5, 0.6) is 5.75 Å². The molecule has 0 heterocycles. The highest BCUT2D eigenvalue weighted by molar-refractivity contribution is 5.88. The number of ether oxygens (including phenoxy) is 1. The highest BCUT2D eigenvalue weighted by Gasteiger charge is 2.39. The Morgan fingerprint density at radius 2 is 1.83 bits per heavy atom. The molecule has 2 rings (SSSR count). The van der Waals surface area contributed by atoms with E-state index in [1.807, 2.05) is 12.1 Å². The van der Waals surface area contributed by atoms with Crippen LogP contribution in [-0.4, -0.2) is 12.4 Å². The van der Waals surface area contributed by atoms with Crippen molar-refractivity contribution in [1.29, 1.82) is 0 Å². The van der Waals surface area contributed by atoms with Gasteiger partial charge in [0, 0.05) is 0 Å². The normalized spacial score (nSPS) is 17.7. The van der Waals surface area contributed by atoms with Crippen molar-refractivity contribution in [1.82, 2.24) is 0 Å². The second kappa shape index (κ2) is 5.55. The van der Waals surface area contributed by atoms with Gasteiger partial charge < -0.3 is 4.74 Å². The first kappa shape index (κ1) is 13.1. The van der Waals surface area contributed by atoms with Gasteiger partial charge in [-0.25, -0.2) is 0 Å². The molecule has 1 aliphatic carbocycles. The molecule has 0 amide bonds. The highest BCUT2D eigenvalue weighted by Crippen LogP contribution is 2.42. The molecular formula is C16H22O2. The van der Waals surface area contributed by atoms with E-state index in [1.54, 1.807) is 6.92 Å². The average molecular weight is 246 g/mol. The first-order valence-corrected chi connectivity index (χ1v) is 6.93. The molecule has 0 saturated heterocycles. The Morgan fingerprint density at radius 1 is 1.22 bits per heavy atom. The molecule has 0 unspecified atom stereocenters. The maximum absolute atomic E-state index is 12.0. The van der Waals surface area contributed by atoms with Crippen LogP contribution in [0.15, 0.2) is 24.3 Å². The van der Waals surface area contributed by atoms with E-state index in [2.05, 4.69) is 19.1 Å². The Kier molecular flexibility index (Phi) is 4.05. The predicted molar refractivity (Wildman–Crippen MR) is 73.1 cm³/mol. The third kappa shape index (κ3) is 2.43. The molecule has 1 aromatic rings. The predicted octanol–water partition coefficient (Wildman–Crippen LogP) is 3.88. The van der Waals surface area contributed by atoms with Crippen LogP contribution in [0, 0.1) is 0 Å². The molecule has 0 bridgehead atoms. The van der Waals surface area contributed by atoms with Gasteiger partial charge >= 0.3 is 0 Å². The van der Waals surface area contributed by atoms with Crippen LogP contribution in [0.4, 0.5) is 0 Å². The zero-order valence-corrected chi connectivity index (χ0v) is 11.4. The van der Waals surface area contributed by atoms with E-state index in [1.165, 1.54) is 0 Å². The van der Waals surface area contributed by atoms with Crippen molar-refractivity contribution >= 4 is 5.78 Å². The summed E-state index contributed by atoms with van der Waals surface area (Å²) in [6, 6.07) is 8.12. The molecule has 0 radical (unpaired) electrons. The lowest BCUT2D eigenvalue weighted by Gasteiger charge is -2.26. The Morgan fingerprint density at radius 3 is 2.33 bits per heavy atom. The van der Waals surface area contributed by atoms with Crippen LogP contribution in [-0.2, 0) is 10.2 Å². The van der Waals surface area contributed by atoms with Crippen molar-refractivity contribution in [3.63, 3.8) is 0 Å². The summed E-state index contributed by atoms with van der Waals surface area (Å²) in [5, 5.41) is 0. The minimum atomic E-state index is -0.219. The standard InChI is InChI=1S/C16H22O2/c1-3-12-18-15-8-6-14(7-9-15)16(13(2)17)10-4-5-11-16/h6-9H,3-5,10-12H2,1-2H3. The van der Waals surface area contributed by atoms with Crippen LogP contribution < -0.4 is 4.74 Å². The van der Waals surface area contributed by atoms with E-state index < -0.39 is 0 Å². The van der Waals surface area contributed by atoms with Gasteiger partial charge in [0.1, 0.15) is 11.5 Å². The molecule has 1 aromatic carbocycles. The van der Waals surface area contributed by atoms with Gasteiger partial charge in [0.05, 0.1) is 12.0 Å².